The van der Waals surface area contributed by atoms with Gasteiger partial charge in [-0.15, -0.1) is 12.4 Å². The topological polar surface area (TPSA) is 66.6 Å². The van der Waals surface area contributed by atoms with Crippen LogP contribution in [0.4, 0.5) is 0 Å². The van der Waals surface area contributed by atoms with Crippen LogP contribution in [0.1, 0.15) is 31.2 Å². The summed E-state index contributed by atoms with van der Waals surface area (Å²) in [4.78, 5) is 28.3. The second-order valence-electron chi connectivity index (χ2n) is 6.82. The molecule has 1 heterocycles. The number of carbonyl (C=O) groups excluding carboxylic acids is 2. The van der Waals surface area contributed by atoms with Gasteiger partial charge in [-0.25, -0.2) is 0 Å². The Hall–Kier alpha value is -1.30. The summed E-state index contributed by atoms with van der Waals surface area (Å²) in [6.45, 7) is 1.86. The summed E-state index contributed by atoms with van der Waals surface area (Å²) in [6, 6.07) is 7.66. The second-order valence-corrected chi connectivity index (χ2v) is 7.26. The molecule has 25 heavy (non-hydrogen) atoms. The third-order valence-corrected chi connectivity index (χ3v) is 5.32. The molecule has 1 saturated heterocycles. The largest absolute Gasteiger partial charge is 0.335 e. The minimum atomic E-state index is -0.00899. The van der Waals surface area contributed by atoms with Gasteiger partial charge in [-0.05, 0) is 36.5 Å². The number of rotatable bonds is 4. The van der Waals surface area contributed by atoms with Crippen LogP contribution in [0.5, 0.6) is 0 Å². The molecule has 0 aromatic heterocycles. The summed E-state index contributed by atoms with van der Waals surface area (Å²) in [6.07, 6.45) is 3.61. The van der Waals surface area contributed by atoms with Crippen LogP contribution in [0, 0.1) is 5.92 Å². The van der Waals surface area contributed by atoms with Gasteiger partial charge >= 0.3 is 0 Å². The summed E-state index contributed by atoms with van der Waals surface area (Å²) in [7, 11) is 0. The quantitative estimate of drug-likeness (QED) is 0.865. The van der Waals surface area contributed by atoms with Crippen molar-refractivity contribution in [3.63, 3.8) is 0 Å². The van der Waals surface area contributed by atoms with E-state index in [4.69, 9.17) is 17.3 Å². The fourth-order valence-electron chi connectivity index (χ4n) is 3.62. The van der Waals surface area contributed by atoms with Gasteiger partial charge in [0.05, 0.1) is 6.54 Å². The molecular formula is C18H25Cl2N3O2. The van der Waals surface area contributed by atoms with Crippen LogP contribution in [0.25, 0.3) is 0 Å². The summed E-state index contributed by atoms with van der Waals surface area (Å²) < 4.78 is 0. The molecule has 2 N–H and O–H groups in total. The maximum atomic E-state index is 12.4. The molecule has 0 spiro atoms. The number of halogens is 2. The van der Waals surface area contributed by atoms with Crippen LogP contribution < -0.4 is 5.73 Å². The molecule has 1 saturated carbocycles. The van der Waals surface area contributed by atoms with E-state index in [9.17, 15) is 9.59 Å². The van der Waals surface area contributed by atoms with Crippen LogP contribution in [-0.4, -0.2) is 47.3 Å². The highest BCUT2D eigenvalue weighted by molar-refractivity contribution is 6.30. The van der Waals surface area contributed by atoms with Crippen molar-refractivity contribution in [2.24, 2.45) is 11.7 Å². The zero-order chi connectivity index (χ0) is 17.1. The number of piperazine rings is 1. The number of hydrogen-bond donors (Lipinski definition) is 1. The summed E-state index contributed by atoms with van der Waals surface area (Å²) in [5.41, 5.74) is 7.05. The van der Waals surface area contributed by atoms with Gasteiger partial charge in [0.1, 0.15) is 0 Å². The van der Waals surface area contributed by atoms with Crippen molar-refractivity contribution in [1.82, 2.24) is 9.80 Å². The normalized spacial score (nSPS) is 23.5. The molecule has 5 nitrogen and oxygen atoms in total. The molecule has 0 unspecified atom stereocenters. The third-order valence-electron chi connectivity index (χ3n) is 5.09. The highest BCUT2D eigenvalue weighted by Crippen LogP contribution is 2.27. The lowest BCUT2D eigenvalue weighted by Crippen LogP contribution is -2.52. The molecule has 3 rings (SSSR count). The van der Waals surface area contributed by atoms with Crippen molar-refractivity contribution in [3.8, 4) is 0 Å². The van der Waals surface area contributed by atoms with Gasteiger partial charge < -0.3 is 15.5 Å². The fraction of sp³-hybridized carbons (Fsp3) is 0.556. The molecule has 2 atom stereocenters. The van der Waals surface area contributed by atoms with E-state index in [0.717, 1.165) is 24.8 Å². The first kappa shape index (κ1) is 20.0. The number of nitrogens with zero attached hydrogens (tertiary/aromatic N) is 2. The van der Waals surface area contributed by atoms with Gasteiger partial charge in [0, 0.05) is 37.1 Å². The molecule has 1 aliphatic heterocycles. The number of hydrogen-bond acceptors (Lipinski definition) is 3. The summed E-state index contributed by atoms with van der Waals surface area (Å²) in [5.74, 6) is 0.329. The SMILES string of the molecule is Cl.N[C@@H]1CCC[C@H]1CC(=O)N1CCN(Cc2cccc(Cl)c2)C(=O)C1. The van der Waals surface area contributed by atoms with Crippen molar-refractivity contribution >= 4 is 35.8 Å². The molecule has 1 aromatic carbocycles. The molecule has 2 fully saturated rings. The minimum Gasteiger partial charge on any atom is -0.335 e. The van der Waals surface area contributed by atoms with E-state index >= 15 is 0 Å². The number of benzene rings is 1. The zero-order valence-corrected chi connectivity index (χ0v) is 15.8. The molecule has 0 radical (unpaired) electrons. The lowest BCUT2D eigenvalue weighted by Gasteiger charge is -2.35. The van der Waals surface area contributed by atoms with Crippen molar-refractivity contribution in [3.05, 3.63) is 34.9 Å². The van der Waals surface area contributed by atoms with Gasteiger partial charge in [0.2, 0.25) is 11.8 Å². The number of amides is 2. The second kappa shape index (κ2) is 8.88. The van der Waals surface area contributed by atoms with E-state index in [0.29, 0.717) is 31.1 Å². The molecule has 1 aliphatic carbocycles. The van der Waals surface area contributed by atoms with Crippen molar-refractivity contribution in [2.75, 3.05) is 19.6 Å². The Morgan fingerprint density at radius 3 is 2.72 bits per heavy atom. The zero-order valence-electron chi connectivity index (χ0n) is 14.2. The van der Waals surface area contributed by atoms with Crippen molar-refractivity contribution in [1.29, 1.82) is 0 Å². The van der Waals surface area contributed by atoms with Crippen molar-refractivity contribution in [2.45, 2.75) is 38.3 Å². The Morgan fingerprint density at radius 2 is 2.08 bits per heavy atom. The van der Waals surface area contributed by atoms with E-state index in [1.165, 1.54) is 0 Å². The fourth-order valence-corrected chi connectivity index (χ4v) is 3.83. The molecule has 1 aromatic rings. The molecule has 2 aliphatic rings. The highest BCUT2D eigenvalue weighted by atomic mass is 35.5. The van der Waals surface area contributed by atoms with Crippen LogP contribution >= 0.6 is 24.0 Å². The van der Waals surface area contributed by atoms with Crippen molar-refractivity contribution < 1.29 is 9.59 Å². The first-order chi connectivity index (χ1) is 11.5. The molecule has 7 heteroatoms. The molecule has 138 valence electrons. The third kappa shape index (κ3) is 5.09. The Bertz CT molecular complexity index is 626. The summed E-state index contributed by atoms with van der Waals surface area (Å²) in [5, 5.41) is 0.668. The Balaban J connectivity index is 0.00000225. The Morgan fingerprint density at radius 1 is 1.28 bits per heavy atom. The van der Waals surface area contributed by atoms with Crippen LogP contribution in [0.3, 0.4) is 0 Å². The van der Waals surface area contributed by atoms with Gasteiger partial charge in [-0.1, -0.05) is 30.2 Å². The van der Waals surface area contributed by atoms with Gasteiger partial charge in [-0.3, -0.25) is 9.59 Å². The summed E-state index contributed by atoms with van der Waals surface area (Å²) >= 11 is 5.99. The first-order valence-electron chi connectivity index (χ1n) is 8.58. The van der Waals surface area contributed by atoms with Gasteiger partial charge in [-0.2, -0.15) is 0 Å². The van der Waals surface area contributed by atoms with Crippen LogP contribution in [-0.2, 0) is 16.1 Å². The van der Waals surface area contributed by atoms with E-state index in [2.05, 4.69) is 0 Å². The average molecular weight is 386 g/mol. The molecule has 2 amide bonds. The van der Waals surface area contributed by atoms with E-state index in [-0.39, 0.29) is 42.7 Å². The standard InChI is InChI=1S/C18H24ClN3O2.ClH/c19-15-5-1-3-13(9-15)11-21-7-8-22(12-18(21)24)17(23)10-14-4-2-6-16(14)20;/h1,3,5,9,14,16H,2,4,6-8,10-12,20H2;1H/t14-,16+;/m0./s1. The monoisotopic (exact) mass is 385 g/mol. The van der Waals surface area contributed by atoms with E-state index in [1.807, 2.05) is 24.3 Å². The smallest absolute Gasteiger partial charge is 0.242 e. The Labute approximate surface area is 159 Å². The lowest BCUT2D eigenvalue weighted by atomic mass is 9.99. The van der Waals surface area contributed by atoms with Crippen LogP contribution in [0.15, 0.2) is 24.3 Å². The first-order valence-corrected chi connectivity index (χ1v) is 8.96. The van der Waals surface area contributed by atoms with E-state index < -0.39 is 0 Å². The maximum Gasteiger partial charge on any atom is 0.242 e. The molecule has 0 bridgehead atoms. The predicted molar refractivity (Wildman–Crippen MR) is 101 cm³/mol. The molecular weight excluding hydrogens is 361 g/mol. The number of nitrogens with two attached hydrogens (primary N) is 1. The average Bonchev–Trinajstić information content (AvgIpc) is 2.94. The van der Waals surface area contributed by atoms with E-state index in [1.54, 1.807) is 9.80 Å². The Kier molecular flexibility index (Phi) is 7.11. The van der Waals surface area contributed by atoms with Gasteiger partial charge in [0.15, 0.2) is 0 Å². The highest BCUT2D eigenvalue weighted by Gasteiger charge is 2.31. The van der Waals surface area contributed by atoms with Gasteiger partial charge in [0.25, 0.3) is 0 Å². The minimum absolute atomic E-state index is 0. The number of carbonyl (C=O) groups is 2. The lowest BCUT2D eigenvalue weighted by molar-refractivity contribution is -0.146. The maximum absolute atomic E-state index is 12.4. The van der Waals surface area contributed by atoms with Crippen LogP contribution in [0.2, 0.25) is 5.02 Å². The predicted octanol–water partition coefficient (Wildman–Crippen LogP) is 2.45.